The van der Waals surface area contributed by atoms with E-state index in [9.17, 15) is 0 Å². The van der Waals surface area contributed by atoms with Crippen molar-refractivity contribution in [3.05, 3.63) is 0 Å². The number of nitrogens with one attached hydrogen (secondary N) is 1. The maximum Gasteiger partial charge on any atom is 0.188 e. The van der Waals surface area contributed by atoms with Crippen molar-refractivity contribution in [2.75, 3.05) is 26.2 Å². The van der Waals surface area contributed by atoms with Crippen molar-refractivity contribution >= 4 is 5.96 Å². The predicted octanol–water partition coefficient (Wildman–Crippen LogP) is 1.57. The van der Waals surface area contributed by atoms with Crippen molar-refractivity contribution < 1.29 is 0 Å². The van der Waals surface area contributed by atoms with Crippen molar-refractivity contribution in [1.82, 2.24) is 10.2 Å². The highest BCUT2D eigenvalue weighted by Crippen LogP contribution is 2.17. The van der Waals surface area contributed by atoms with E-state index in [-0.39, 0.29) is 0 Å². The Bertz CT molecular complexity index is 265. The molecule has 2 aliphatic rings. The zero-order valence-corrected chi connectivity index (χ0v) is 11.7. The first kappa shape index (κ1) is 13.7. The molecule has 4 heteroatoms. The zero-order valence-electron chi connectivity index (χ0n) is 11.7. The Kier molecular flexibility index (Phi) is 5.29. The maximum absolute atomic E-state index is 5.94. The first-order chi connectivity index (χ1) is 8.74. The van der Waals surface area contributed by atoms with E-state index in [4.69, 9.17) is 5.73 Å². The fraction of sp³-hybridized carbons (Fsp3) is 0.929. The lowest BCUT2D eigenvalue weighted by atomic mass is 10.2. The third kappa shape index (κ3) is 4.48. The van der Waals surface area contributed by atoms with Gasteiger partial charge in [-0.25, -0.2) is 0 Å². The Morgan fingerprint density at radius 2 is 1.94 bits per heavy atom. The second kappa shape index (κ2) is 6.98. The molecular weight excluding hydrogens is 224 g/mol. The van der Waals surface area contributed by atoms with Crippen molar-refractivity contribution in [2.45, 2.75) is 51.5 Å². The Balaban J connectivity index is 1.64. The lowest BCUT2D eigenvalue weighted by molar-refractivity contribution is 0.291. The highest BCUT2D eigenvalue weighted by atomic mass is 15.1. The summed E-state index contributed by atoms with van der Waals surface area (Å²) in [5, 5.41) is 3.34. The van der Waals surface area contributed by atoms with Crippen LogP contribution in [-0.4, -0.2) is 43.1 Å². The molecule has 1 aliphatic carbocycles. The highest BCUT2D eigenvalue weighted by molar-refractivity contribution is 5.78. The predicted molar refractivity (Wildman–Crippen MR) is 76.7 cm³/mol. The van der Waals surface area contributed by atoms with Gasteiger partial charge in [0.1, 0.15) is 0 Å². The van der Waals surface area contributed by atoms with Gasteiger partial charge in [-0.1, -0.05) is 19.8 Å². The molecular formula is C14H28N4. The van der Waals surface area contributed by atoms with E-state index >= 15 is 0 Å². The zero-order chi connectivity index (χ0) is 12.8. The minimum Gasteiger partial charge on any atom is -0.370 e. The molecule has 1 saturated heterocycles. The normalized spacial score (nSPS) is 24.6. The molecule has 2 rings (SSSR count). The van der Waals surface area contributed by atoms with E-state index < -0.39 is 0 Å². The van der Waals surface area contributed by atoms with E-state index in [1.54, 1.807) is 0 Å². The molecule has 4 nitrogen and oxygen atoms in total. The van der Waals surface area contributed by atoms with Gasteiger partial charge in [-0.3, -0.25) is 4.99 Å². The quantitative estimate of drug-likeness (QED) is 0.577. The second-order valence-corrected chi connectivity index (χ2v) is 5.96. The average Bonchev–Trinajstić information content (AvgIpc) is 2.99. The van der Waals surface area contributed by atoms with Gasteiger partial charge in [-0.05, 0) is 44.7 Å². The molecule has 0 aromatic rings. The fourth-order valence-electron chi connectivity index (χ4n) is 3.04. The second-order valence-electron chi connectivity index (χ2n) is 5.96. The van der Waals surface area contributed by atoms with Crippen LogP contribution in [0.3, 0.4) is 0 Å². The lowest BCUT2D eigenvalue weighted by Crippen LogP contribution is -2.39. The number of likely N-dealkylation sites (tertiary alicyclic amines) is 1. The van der Waals surface area contributed by atoms with Gasteiger partial charge >= 0.3 is 0 Å². The molecule has 0 aromatic carbocycles. The number of hydrogen-bond donors (Lipinski definition) is 2. The van der Waals surface area contributed by atoms with Crippen LogP contribution in [0.4, 0.5) is 0 Å². The molecule has 0 bridgehead atoms. The Morgan fingerprint density at radius 1 is 1.28 bits per heavy atom. The average molecular weight is 252 g/mol. The molecule has 1 heterocycles. The van der Waals surface area contributed by atoms with Gasteiger partial charge in [0.15, 0.2) is 5.96 Å². The minimum atomic E-state index is 0.572. The van der Waals surface area contributed by atoms with Gasteiger partial charge in [0.05, 0.1) is 0 Å². The lowest BCUT2D eigenvalue weighted by Gasteiger charge is -2.19. The van der Waals surface area contributed by atoms with E-state index in [2.05, 4.69) is 22.1 Å². The summed E-state index contributed by atoms with van der Waals surface area (Å²) in [6, 6.07) is 0.572. The van der Waals surface area contributed by atoms with Crippen molar-refractivity contribution in [1.29, 1.82) is 0 Å². The number of nitrogens with zero attached hydrogens (tertiary/aromatic N) is 2. The molecule has 2 fully saturated rings. The topological polar surface area (TPSA) is 53.6 Å². The summed E-state index contributed by atoms with van der Waals surface area (Å²) in [6.45, 7) is 6.82. The summed E-state index contributed by atoms with van der Waals surface area (Å²) in [5.41, 5.74) is 5.94. The molecule has 3 N–H and O–H groups in total. The summed E-state index contributed by atoms with van der Waals surface area (Å²) < 4.78 is 0. The summed E-state index contributed by atoms with van der Waals surface area (Å²) in [4.78, 5) is 7.03. The first-order valence-corrected chi connectivity index (χ1v) is 7.53. The van der Waals surface area contributed by atoms with E-state index in [1.807, 2.05) is 0 Å². The van der Waals surface area contributed by atoms with Crippen molar-refractivity contribution in [3.63, 3.8) is 0 Å². The number of rotatable bonds is 5. The minimum absolute atomic E-state index is 0.572. The molecule has 1 unspecified atom stereocenters. The molecule has 18 heavy (non-hydrogen) atoms. The largest absolute Gasteiger partial charge is 0.370 e. The summed E-state index contributed by atoms with van der Waals surface area (Å²) in [7, 11) is 0. The molecule has 0 radical (unpaired) electrons. The maximum atomic E-state index is 5.94. The Hall–Kier alpha value is -0.770. The van der Waals surface area contributed by atoms with Crippen LogP contribution < -0.4 is 11.1 Å². The van der Waals surface area contributed by atoms with Crippen LogP contribution in [0.5, 0.6) is 0 Å². The fourth-order valence-corrected chi connectivity index (χ4v) is 3.04. The Morgan fingerprint density at radius 3 is 2.61 bits per heavy atom. The van der Waals surface area contributed by atoms with E-state index in [0.29, 0.717) is 17.9 Å². The molecule has 104 valence electrons. The molecule has 1 atom stereocenters. The monoisotopic (exact) mass is 252 g/mol. The highest BCUT2D eigenvalue weighted by Gasteiger charge is 2.16. The van der Waals surface area contributed by atoms with Crippen molar-refractivity contribution in [2.24, 2.45) is 16.6 Å². The molecule has 0 spiro atoms. The number of guanidine groups is 1. The van der Waals surface area contributed by atoms with Crippen LogP contribution in [-0.2, 0) is 0 Å². The van der Waals surface area contributed by atoms with E-state index in [1.165, 1.54) is 58.2 Å². The van der Waals surface area contributed by atoms with Gasteiger partial charge in [-0.15, -0.1) is 0 Å². The third-order valence-electron chi connectivity index (χ3n) is 4.05. The van der Waals surface area contributed by atoms with Gasteiger partial charge in [0.25, 0.3) is 0 Å². The van der Waals surface area contributed by atoms with Gasteiger partial charge in [0.2, 0.25) is 0 Å². The number of aliphatic imine (C=N–C) groups is 1. The third-order valence-corrected chi connectivity index (χ3v) is 4.05. The summed E-state index contributed by atoms with van der Waals surface area (Å²) in [5.74, 6) is 1.25. The molecule has 0 amide bonds. The van der Waals surface area contributed by atoms with E-state index in [0.717, 1.165) is 6.54 Å². The van der Waals surface area contributed by atoms with Crippen LogP contribution in [0.1, 0.15) is 45.4 Å². The van der Waals surface area contributed by atoms with Crippen molar-refractivity contribution in [3.8, 4) is 0 Å². The van der Waals surface area contributed by atoms with Crippen LogP contribution in [0.15, 0.2) is 4.99 Å². The van der Waals surface area contributed by atoms with Crippen LogP contribution in [0, 0.1) is 5.92 Å². The first-order valence-electron chi connectivity index (χ1n) is 7.53. The van der Waals surface area contributed by atoms with Gasteiger partial charge in [0, 0.05) is 19.1 Å². The van der Waals surface area contributed by atoms with Gasteiger partial charge < -0.3 is 16.0 Å². The molecule has 1 aliphatic heterocycles. The summed E-state index contributed by atoms with van der Waals surface area (Å²) >= 11 is 0. The Labute approximate surface area is 111 Å². The van der Waals surface area contributed by atoms with Gasteiger partial charge in [-0.2, -0.15) is 0 Å². The van der Waals surface area contributed by atoms with Crippen LogP contribution in [0.25, 0.3) is 0 Å². The standard InChI is InChI=1S/C14H28N4/c1-12(11-18-8-4-5-9-18)10-16-14(15)17-13-6-2-3-7-13/h12-13H,2-11H2,1H3,(H3,15,16,17). The van der Waals surface area contributed by atoms with Crippen LogP contribution >= 0.6 is 0 Å². The molecule has 1 saturated carbocycles. The number of nitrogens with two attached hydrogens (primary N) is 1. The SMILES string of the molecule is CC(CN=C(N)NC1CCCC1)CN1CCCC1. The number of hydrogen-bond acceptors (Lipinski definition) is 2. The van der Waals surface area contributed by atoms with Crippen LogP contribution in [0.2, 0.25) is 0 Å². The molecule has 0 aromatic heterocycles. The smallest absolute Gasteiger partial charge is 0.188 e. The summed E-state index contributed by atoms with van der Waals surface area (Å²) in [6.07, 6.45) is 7.88.